The fourth-order valence-corrected chi connectivity index (χ4v) is 6.97. The maximum absolute atomic E-state index is 13.7. The number of rotatable bonds is 7. The third-order valence-electron chi connectivity index (χ3n) is 6.99. The number of hydrogen-bond acceptors (Lipinski definition) is 4. The molecule has 1 saturated heterocycles. The Bertz CT molecular complexity index is 1270. The third kappa shape index (κ3) is 6.44. The second-order valence-corrected chi connectivity index (χ2v) is 12.5. The molecule has 5 rings (SSSR count). The number of amides is 1. The van der Waals surface area contributed by atoms with Gasteiger partial charge in [0.1, 0.15) is 12.4 Å². The zero-order chi connectivity index (χ0) is 25.8. The maximum atomic E-state index is 13.7. The largest absolute Gasteiger partial charge is 0.488 e. The van der Waals surface area contributed by atoms with Gasteiger partial charge in [-0.05, 0) is 88.3 Å². The predicted octanol–water partition coefficient (Wildman–Crippen LogP) is 8.68. The van der Waals surface area contributed by atoms with Crippen molar-refractivity contribution in [3.63, 3.8) is 0 Å². The van der Waals surface area contributed by atoms with Gasteiger partial charge in [0.2, 0.25) is 0 Å². The average molecular weight is 642 g/mol. The summed E-state index contributed by atoms with van der Waals surface area (Å²) in [5.41, 5.74) is 2.97. The number of halogens is 2. The SMILES string of the molecule is C[C@H]1CCCC[C@@H]1N1C(=O)/C(=C/c2ccc(OCc3ccc(Br)cc3)c(Br)c2)SC1Nc1ccccc1. The van der Waals surface area contributed by atoms with E-state index in [0.717, 1.165) is 42.8 Å². The molecule has 1 aliphatic heterocycles. The number of carbonyl (C=O) groups is 1. The van der Waals surface area contributed by atoms with Crippen molar-refractivity contribution >= 4 is 61.3 Å². The lowest BCUT2D eigenvalue weighted by Crippen LogP contribution is -2.48. The molecule has 0 bridgehead atoms. The van der Waals surface area contributed by atoms with E-state index in [9.17, 15) is 4.79 Å². The zero-order valence-corrected chi connectivity index (χ0v) is 24.7. The molecule has 1 unspecified atom stereocenters. The molecule has 37 heavy (non-hydrogen) atoms. The van der Waals surface area contributed by atoms with Crippen LogP contribution in [0.4, 0.5) is 5.69 Å². The summed E-state index contributed by atoms with van der Waals surface area (Å²) >= 11 is 8.73. The van der Waals surface area contributed by atoms with Crippen LogP contribution in [0.3, 0.4) is 0 Å². The van der Waals surface area contributed by atoms with Gasteiger partial charge in [0.05, 0.1) is 9.38 Å². The summed E-state index contributed by atoms with van der Waals surface area (Å²) in [6, 6.07) is 24.5. The summed E-state index contributed by atoms with van der Waals surface area (Å²) in [6.45, 7) is 2.77. The van der Waals surface area contributed by atoms with E-state index in [4.69, 9.17) is 4.74 Å². The molecule has 1 saturated carbocycles. The van der Waals surface area contributed by atoms with Crippen LogP contribution in [0.25, 0.3) is 6.08 Å². The average Bonchev–Trinajstić information content (AvgIpc) is 3.19. The Balaban J connectivity index is 1.34. The van der Waals surface area contributed by atoms with Crippen molar-refractivity contribution in [2.45, 2.75) is 50.8 Å². The normalized spacial score (nSPS) is 22.9. The van der Waals surface area contributed by atoms with Gasteiger partial charge in [-0.1, -0.05) is 83.9 Å². The van der Waals surface area contributed by atoms with Gasteiger partial charge in [-0.15, -0.1) is 0 Å². The minimum atomic E-state index is -0.122. The smallest absolute Gasteiger partial charge is 0.262 e. The van der Waals surface area contributed by atoms with Crippen molar-refractivity contribution < 1.29 is 9.53 Å². The van der Waals surface area contributed by atoms with E-state index >= 15 is 0 Å². The Morgan fingerprint density at radius 1 is 1.03 bits per heavy atom. The van der Waals surface area contributed by atoms with Crippen LogP contribution < -0.4 is 10.1 Å². The summed E-state index contributed by atoms with van der Waals surface area (Å²) in [5, 5.41) is 3.61. The van der Waals surface area contributed by atoms with Gasteiger partial charge in [-0.3, -0.25) is 4.79 Å². The fraction of sp³-hybridized carbons (Fsp3) is 0.300. The first-order valence-corrected chi connectivity index (χ1v) is 15.1. The van der Waals surface area contributed by atoms with Gasteiger partial charge < -0.3 is 15.0 Å². The third-order valence-corrected chi connectivity index (χ3v) is 9.25. The van der Waals surface area contributed by atoms with Crippen molar-refractivity contribution in [3.05, 3.63) is 97.8 Å². The van der Waals surface area contributed by atoms with E-state index in [2.05, 4.69) is 61.1 Å². The molecule has 2 aliphatic rings. The van der Waals surface area contributed by atoms with Gasteiger partial charge in [-0.25, -0.2) is 0 Å². The Morgan fingerprint density at radius 2 is 1.78 bits per heavy atom. The quantitative estimate of drug-likeness (QED) is 0.262. The molecule has 0 aromatic heterocycles. The second-order valence-electron chi connectivity index (χ2n) is 9.64. The lowest BCUT2D eigenvalue weighted by Gasteiger charge is -2.39. The maximum Gasteiger partial charge on any atom is 0.262 e. The highest BCUT2D eigenvalue weighted by molar-refractivity contribution is 9.10. The van der Waals surface area contributed by atoms with Crippen molar-refractivity contribution in [1.29, 1.82) is 0 Å². The van der Waals surface area contributed by atoms with E-state index in [1.807, 2.05) is 66.7 Å². The van der Waals surface area contributed by atoms with Gasteiger partial charge in [-0.2, -0.15) is 0 Å². The van der Waals surface area contributed by atoms with E-state index < -0.39 is 0 Å². The first-order valence-electron chi connectivity index (χ1n) is 12.7. The number of carbonyl (C=O) groups excluding carboxylic acids is 1. The topological polar surface area (TPSA) is 41.6 Å². The molecule has 192 valence electrons. The molecular weight excluding hydrogens is 612 g/mol. The number of anilines is 1. The molecule has 0 radical (unpaired) electrons. The molecule has 0 spiro atoms. The molecular formula is C30H30Br2N2O2S. The minimum Gasteiger partial charge on any atom is -0.488 e. The first-order chi connectivity index (χ1) is 18.0. The van der Waals surface area contributed by atoms with Crippen LogP contribution in [0, 0.1) is 5.92 Å². The van der Waals surface area contributed by atoms with E-state index in [1.54, 1.807) is 11.8 Å². The van der Waals surface area contributed by atoms with Crippen LogP contribution in [-0.4, -0.2) is 22.3 Å². The molecule has 1 amide bonds. The summed E-state index contributed by atoms with van der Waals surface area (Å²) in [6.07, 6.45) is 6.66. The molecule has 1 N–H and O–H groups in total. The highest BCUT2D eigenvalue weighted by Crippen LogP contribution is 2.42. The Hall–Kier alpha value is -2.22. The van der Waals surface area contributed by atoms with Crippen LogP contribution in [0.2, 0.25) is 0 Å². The molecule has 1 aliphatic carbocycles. The van der Waals surface area contributed by atoms with E-state index in [-0.39, 0.29) is 17.4 Å². The zero-order valence-electron chi connectivity index (χ0n) is 20.7. The van der Waals surface area contributed by atoms with E-state index in [0.29, 0.717) is 12.5 Å². The molecule has 3 aromatic carbocycles. The van der Waals surface area contributed by atoms with Crippen molar-refractivity contribution in [3.8, 4) is 5.75 Å². The molecule has 3 aromatic rings. The molecule has 4 nitrogen and oxygen atoms in total. The number of nitrogens with one attached hydrogen (secondary N) is 1. The predicted molar refractivity (Wildman–Crippen MR) is 160 cm³/mol. The van der Waals surface area contributed by atoms with E-state index in [1.165, 1.54) is 19.3 Å². The van der Waals surface area contributed by atoms with Crippen molar-refractivity contribution in [2.75, 3.05) is 5.32 Å². The molecule has 3 atom stereocenters. The number of hydrogen-bond donors (Lipinski definition) is 1. The monoisotopic (exact) mass is 640 g/mol. The first kappa shape index (κ1) is 26.4. The van der Waals surface area contributed by atoms with Crippen molar-refractivity contribution in [2.24, 2.45) is 5.92 Å². The Labute approximate surface area is 240 Å². The summed E-state index contributed by atoms with van der Waals surface area (Å²) in [7, 11) is 0. The molecule has 1 heterocycles. The summed E-state index contributed by atoms with van der Waals surface area (Å²) in [4.78, 5) is 16.6. The van der Waals surface area contributed by atoms with Gasteiger partial charge in [0, 0.05) is 16.2 Å². The second kappa shape index (κ2) is 12.1. The fourth-order valence-electron chi connectivity index (χ4n) is 4.98. The number of thioether (sulfide) groups is 1. The number of para-hydroxylation sites is 1. The summed E-state index contributed by atoms with van der Waals surface area (Å²) < 4.78 is 7.94. The summed E-state index contributed by atoms with van der Waals surface area (Å²) in [5.74, 6) is 1.38. The van der Waals surface area contributed by atoms with Crippen LogP contribution in [-0.2, 0) is 11.4 Å². The molecule has 7 heteroatoms. The lowest BCUT2D eigenvalue weighted by molar-refractivity contribution is -0.129. The van der Waals surface area contributed by atoms with Crippen LogP contribution >= 0.6 is 43.6 Å². The van der Waals surface area contributed by atoms with Gasteiger partial charge in [0.25, 0.3) is 5.91 Å². The highest BCUT2D eigenvalue weighted by Gasteiger charge is 2.42. The number of nitrogens with zero attached hydrogens (tertiary/aromatic N) is 1. The Kier molecular flexibility index (Phi) is 8.63. The standard InChI is InChI=1S/C30H30Br2N2O2S/c1-20-7-5-6-10-26(20)34-29(35)28(37-30(34)33-24-8-3-2-4-9-24)18-22-13-16-27(25(32)17-22)36-19-21-11-14-23(31)15-12-21/h2-4,8-9,11-18,20,26,30,33H,5-7,10,19H2,1H3/b28-18-/t20-,26-,30?/m0/s1. The number of ether oxygens (including phenoxy) is 1. The van der Waals surface area contributed by atoms with Crippen molar-refractivity contribution in [1.82, 2.24) is 4.90 Å². The molecule has 2 fully saturated rings. The minimum absolute atomic E-state index is 0.115. The lowest BCUT2D eigenvalue weighted by atomic mass is 9.85. The number of benzene rings is 3. The Morgan fingerprint density at radius 3 is 2.51 bits per heavy atom. The van der Waals surface area contributed by atoms with Crippen LogP contribution in [0.5, 0.6) is 5.75 Å². The highest BCUT2D eigenvalue weighted by atomic mass is 79.9. The van der Waals surface area contributed by atoms with Gasteiger partial charge in [0.15, 0.2) is 5.50 Å². The van der Waals surface area contributed by atoms with Crippen LogP contribution in [0.1, 0.15) is 43.7 Å². The van der Waals surface area contributed by atoms with Gasteiger partial charge >= 0.3 is 0 Å². The van der Waals surface area contributed by atoms with Crippen LogP contribution in [0.15, 0.2) is 86.6 Å².